The lowest BCUT2D eigenvalue weighted by atomic mass is 9.90. The van der Waals surface area contributed by atoms with Crippen LogP contribution in [0.25, 0.3) is 0 Å². The molecule has 2 nitrogen and oxygen atoms in total. The number of hydrogen-bond donors (Lipinski definition) is 1. The summed E-state index contributed by atoms with van der Waals surface area (Å²) in [6.45, 7) is 4.32. The van der Waals surface area contributed by atoms with E-state index < -0.39 is 0 Å². The average Bonchev–Trinajstić information content (AvgIpc) is 2.26. The van der Waals surface area contributed by atoms with Crippen LogP contribution < -0.4 is 5.73 Å². The maximum atomic E-state index is 11.7. The van der Waals surface area contributed by atoms with Crippen LogP contribution in [0.2, 0.25) is 5.02 Å². The van der Waals surface area contributed by atoms with Crippen LogP contribution in [0.15, 0.2) is 24.3 Å². The first kappa shape index (κ1) is 13.2. The van der Waals surface area contributed by atoms with Crippen molar-refractivity contribution >= 4 is 17.4 Å². The molecule has 0 bridgehead atoms. The van der Waals surface area contributed by atoms with Gasteiger partial charge in [0.2, 0.25) is 0 Å². The third-order valence-electron chi connectivity index (χ3n) is 2.72. The fraction of sp³-hybridized carbons (Fsp3) is 0.462. The number of hydrogen-bond acceptors (Lipinski definition) is 2. The molecule has 1 atom stereocenters. The Morgan fingerprint density at radius 3 is 2.31 bits per heavy atom. The highest BCUT2D eigenvalue weighted by atomic mass is 35.5. The molecule has 0 amide bonds. The molecule has 88 valence electrons. The van der Waals surface area contributed by atoms with Crippen LogP contribution in [0.3, 0.4) is 0 Å². The van der Waals surface area contributed by atoms with E-state index in [1.54, 1.807) is 0 Å². The number of ketones is 1. The normalized spacial score (nSPS) is 12.8. The van der Waals surface area contributed by atoms with Gasteiger partial charge >= 0.3 is 0 Å². The van der Waals surface area contributed by atoms with Crippen molar-refractivity contribution in [2.24, 2.45) is 11.7 Å². The van der Waals surface area contributed by atoms with E-state index >= 15 is 0 Å². The summed E-state index contributed by atoms with van der Waals surface area (Å²) in [6, 6.07) is 7.54. The number of carbonyl (C=O) groups excluding carboxylic acids is 1. The zero-order valence-electron chi connectivity index (χ0n) is 9.74. The van der Waals surface area contributed by atoms with Crippen molar-refractivity contribution in [1.82, 2.24) is 0 Å². The lowest BCUT2D eigenvalue weighted by Gasteiger charge is -2.15. The first-order valence-corrected chi connectivity index (χ1v) is 5.90. The van der Waals surface area contributed by atoms with Gasteiger partial charge in [0.25, 0.3) is 0 Å². The second-order valence-electron chi connectivity index (χ2n) is 4.31. The fourth-order valence-corrected chi connectivity index (χ4v) is 1.68. The SMILES string of the molecule is CC(C)C(=O)C[C@H](CN)c1ccc(Cl)cc1. The monoisotopic (exact) mass is 239 g/mol. The minimum absolute atomic E-state index is 0.0707. The molecular formula is C13H18ClNO. The minimum Gasteiger partial charge on any atom is -0.330 e. The Hall–Kier alpha value is -0.860. The lowest BCUT2D eigenvalue weighted by molar-refractivity contribution is -0.122. The van der Waals surface area contributed by atoms with Gasteiger partial charge in [-0.1, -0.05) is 37.6 Å². The molecule has 0 saturated heterocycles. The minimum atomic E-state index is 0.0707. The van der Waals surface area contributed by atoms with Gasteiger partial charge < -0.3 is 5.73 Å². The van der Waals surface area contributed by atoms with Gasteiger partial charge in [-0.05, 0) is 24.2 Å². The molecule has 0 aliphatic carbocycles. The topological polar surface area (TPSA) is 43.1 Å². The fourth-order valence-electron chi connectivity index (χ4n) is 1.55. The first-order chi connectivity index (χ1) is 7.54. The van der Waals surface area contributed by atoms with E-state index in [4.69, 9.17) is 17.3 Å². The third kappa shape index (κ3) is 3.62. The van der Waals surface area contributed by atoms with Gasteiger partial charge in [0, 0.05) is 23.3 Å². The van der Waals surface area contributed by atoms with Crippen LogP contribution in [-0.2, 0) is 4.79 Å². The van der Waals surface area contributed by atoms with Gasteiger partial charge in [0.15, 0.2) is 0 Å². The van der Waals surface area contributed by atoms with Gasteiger partial charge in [-0.25, -0.2) is 0 Å². The van der Waals surface area contributed by atoms with Gasteiger partial charge in [-0.15, -0.1) is 0 Å². The molecule has 0 aliphatic heterocycles. The molecule has 1 aromatic rings. The van der Waals surface area contributed by atoms with Crippen molar-refractivity contribution in [2.45, 2.75) is 26.2 Å². The zero-order valence-corrected chi connectivity index (χ0v) is 10.5. The number of halogens is 1. The summed E-state index contributed by atoms with van der Waals surface area (Å²) in [5.74, 6) is 0.430. The van der Waals surface area contributed by atoms with Crippen LogP contribution in [-0.4, -0.2) is 12.3 Å². The van der Waals surface area contributed by atoms with E-state index in [-0.39, 0.29) is 17.6 Å². The molecule has 0 heterocycles. The summed E-state index contributed by atoms with van der Waals surface area (Å²) in [5.41, 5.74) is 6.79. The summed E-state index contributed by atoms with van der Waals surface area (Å²) in [4.78, 5) is 11.7. The van der Waals surface area contributed by atoms with E-state index in [1.807, 2.05) is 38.1 Å². The second-order valence-corrected chi connectivity index (χ2v) is 4.75. The molecule has 0 saturated carbocycles. The number of carbonyl (C=O) groups is 1. The van der Waals surface area contributed by atoms with Crippen molar-refractivity contribution in [3.63, 3.8) is 0 Å². The number of rotatable bonds is 5. The van der Waals surface area contributed by atoms with E-state index in [0.29, 0.717) is 18.0 Å². The quantitative estimate of drug-likeness (QED) is 0.859. The van der Waals surface area contributed by atoms with Crippen molar-refractivity contribution in [2.75, 3.05) is 6.54 Å². The van der Waals surface area contributed by atoms with Crippen molar-refractivity contribution in [1.29, 1.82) is 0 Å². The van der Waals surface area contributed by atoms with Crippen LogP contribution in [0, 0.1) is 5.92 Å². The van der Waals surface area contributed by atoms with E-state index in [1.165, 1.54) is 0 Å². The summed E-state index contributed by atoms with van der Waals surface area (Å²) < 4.78 is 0. The lowest BCUT2D eigenvalue weighted by Crippen LogP contribution is -2.19. The smallest absolute Gasteiger partial charge is 0.136 e. The maximum absolute atomic E-state index is 11.7. The molecule has 16 heavy (non-hydrogen) atoms. The highest BCUT2D eigenvalue weighted by Gasteiger charge is 2.16. The molecule has 0 spiro atoms. The molecule has 0 aromatic heterocycles. The van der Waals surface area contributed by atoms with Crippen LogP contribution in [0.5, 0.6) is 0 Å². The molecule has 0 radical (unpaired) electrons. The summed E-state index contributed by atoms with van der Waals surface area (Å²) >= 11 is 5.82. The Balaban J connectivity index is 2.74. The number of Topliss-reactive ketones (excluding diaryl/α,β-unsaturated/α-hetero) is 1. The van der Waals surface area contributed by atoms with Crippen LogP contribution in [0.4, 0.5) is 0 Å². The number of benzene rings is 1. The predicted octanol–water partition coefficient (Wildman–Crippen LogP) is 3.00. The molecule has 2 N–H and O–H groups in total. The summed E-state index contributed by atoms with van der Waals surface area (Å²) in [5, 5.41) is 0.703. The highest BCUT2D eigenvalue weighted by molar-refractivity contribution is 6.30. The molecule has 1 aromatic carbocycles. The van der Waals surface area contributed by atoms with Crippen LogP contribution in [0.1, 0.15) is 31.7 Å². The Morgan fingerprint density at radius 1 is 1.31 bits per heavy atom. The average molecular weight is 240 g/mol. The third-order valence-corrected chi connectivity index (χ3v) is 2.97. The standard InChI is InChI=1S/C13H18ClNO/c1-9(2)13(16)7-11(8-15)10-3-5-12(14)6-4-10/h3-6,9,11H,7-8,15H2,1-2H3/t11-/m1/s1. The van der Waals surface area contributed by atoms with Crippen molar-refractivity contribution < 1.29 is 4.79 Å². The van der Waals surface area contributed by atoms with Gasteiger partial charge in [0.1, 0.15) is 5.78 Å². The molecule has 3 heteroatoms. The van der Waals surface area contributed by atoms with Gasteiger partial charge in [-0.3, -0.25) is 4.79 Å². The Labute approximate surface area is 102 Å². The summed E-state index contributed by atoms with van der Waals surface area (Å²) in [7, 11) is 0. The van der Waals surface area contributed by atoms with E-state index in [9.17, 15) is 4.79 Å². The molecular weight excluding hydrogens is 222 g/mol. The summed E-state index contributed by atoms with van der Waals surface area (Å²) in [6.07, 6.45) is 0.510. The maximum Gasteiger partial charge on any atom is 0.136 e. The van der Waals surface area contributed by atoms with Gasteiger partial charge in [-0.2, -0.15) is 0 Å². The predicted molar refractivity (Wildman–Crippen MR) is 67.7 cm³/mol. The molecule has 0 unspecified atom stereocenters. The highest BCUT2D eigenvalue weighted by Crippen LogP contribution is 2.22. The Morgan fingerprint density at radius 2 is 1.88 bits per heavy atom. The molecule has 1 rings (SSSR count). The van der Waals surface area contributed by atoms with Crippen molar-refractivity contribution in [3.8, 4) is 0 Å². The zero-order chi connectivity index (χ0) is 12.1. The van der Waals surface area contributed by atoms with Gasteiger partial charge in [0.05, 0.1) is 0 Å². The number of nitrogens with two attached hydrogens (primary N) is 1. The van der Waals surface area contributed by atoms with E-state index in [0.717, 1.165) is 5.56 Å². The molecule has 0 fully saturated rings. The molecule has 0 aliphatic rings. The van der Waals surface area contributed by atoms with E-state index in [2.05, 4.69) is 0 Å². The van der Waals surface area contributed by atoms with Crippen molar-refractivity contribution in [3.05, 3.63) is 34.9 Å². The largest absolute Gasteiger partial charge is 0.330 e. The second kappa shape index (κ2) is 6.02. The van der Waals surface area contributed by atoms with Crippen LogP contribution >= 0.6 is 11.6 Å². The first-order valence-electron chi connectivity index (χ1n) is 5.52. The Bertz CT molecular complexity index is 345. The Kier molecular flexibility index (Phi) is 4.97.